The van der Waals surface area contributed by atoms with Gasteiger partial charge in [-0.15, -0.1) is 0 Å². The summed E-state index contributed by atoms with van der Waals surface area (Å²) in [6.45, 7) is 6.50. The van der Waals surface area contributed by atoms with Crippen LogP contribution in [0.2, 0.25) is 0 Å². The van der Waals surface area contributed by atoms with Crippen molar-refractivity contribution in [1.29, 1.82) is 0 Å². The average molecular weight is 209 g/mol. The standard InChI is InChI=1S/C15H15N/c1-9-6-13-14(16-8-9)7-12-5-4-10(2)11(3)15(12)13/h4-6,8H,7H2,1-3H3. The summed E-state index contributed by atoms with van der Waals surface area (Å²) in [5, 5.41) is 0. The Morgan fingerprint density at radius 3 is 2.75 bits per heavy atom. The fourth-order valence-corrected chi connectivity index (χ4v) is 2.53. The van der Waals surface area contributed by atoms with Gasteiger partial charge in [0.15, 0.2) is 0 Å². The van der Waals surface area contributed by atoms with E-state index in [9.17, 15) is 0 Å². The van der Waals surface area contributed by atoms with Crippen molar-refractivity contribution in [2.24, 2.45) is 0 Å². The second kappa shape index (κ2) is 3.18. The molecule has 16 heavy (non-hydrogen) atoms. The van der Waals surface area contributed by atoms with Gasteiger partial charge in [0.05, 0.1) is 5.69 Å². The smallest absolute Gasteiger partial charge is 0.0526 e. The molecular weight excluding hydrogens is 194 g/mol. The van der Waals surface area contributed by atoms with Crippen molar-refractivity contribution in [3.8, 4) is 11.1 Å². The highest BCUT2D eigenvalue weighted by Crippen LogP contribution is 2.38. The number of hydrogen-bond acceptors (Lipinski definition) is 1. The Kier molecular flexibility index (Phi) is 1.90. The zero-order chi connectivity index (χ0) is 11.3. The highest BCUT2D eigenvalue weighted by atomic mass is 14.7. The number of aromatic nitrogens is 1. The van der Waals surface area contributed by atoms with Crippen molar-refractivity contribution >= 4 is 0 Å². The quantitative estimate of drug-likeness (QED) is 0.551. The molecule has 1 aromatic carbocycles. The Hall–Kier alpha value is -1.63. The maximum absolute atomic E-state index is 4.54. The number of hydrogen-bond donors (Lipinski definition) is 0. The fraction of sp³-hybridized carbons (Fsp3) is 0.267. The minimum atomic E-state index is 0.992. The maximum atomic E-state index is 4.54. The normalized spacial score (nSPS) is 12.4. The molecule has 1 aromatic heterocycles. The van der Waals surface area contributed by atoms with Crippen LogP contribution in [0.3, 0.4) is 0 Å². The molecule has 0 spiro atoms. The van der Waals surface area contributed by atoms with Crippen molar-refractivity contribution in [3.63, 3.8) is 0 Å². The Labute approximate surface area is 96.2 Å². The van der Waals surface area contributed by atoms with Gasteiger partial charge in [0, 0.05) is 18.2 Å². The summed E-state index contributed by atoms with van der Waals surface area (Å²) in [5.74, 6) is 0. The van der Waals surface area contributed by atoms with Crippen molar-refractivity contribution < 1.29 is 0 Å². The van der Waals surface area contributed by atoms with Gasteiger partial charge >= 0.3 is 0 Å². The van der Waals surface area contributed by atoms with E-state index in [0.29, 0.717) is 0 Å². The molecule has 1 aliphatic carbocycles. The fourth-order valence-electron chi connectivity index (χ4n) is 2.53. The highest BCUT2D eigenvalue weighted by Gasteiger charge is 2.21. The van der Waals surface area contributed by atoms with Crippen LogP contribution in [0.4, 0.5) is 0 Å². The number of pyridine rings is 1. The number of nitrogens with zero attached hydrogens (tertiary/aromatic N) is 1. The Morgan fingerprint density at radius 1 is 1.12 bits per heavy atom. The zero-order valence-electron chi connectivity index (χ0n) is 9.96. The zero-order valence-corrected chi connectivity index (χ0v) is 9.96. The van der Waals surface area contributed by atoms with Crippen LogP contribution in [0, 0.1) is 20.8 Å². The molecule has 3 rings (SSSR count). The lowest BCUT2D eigenvalue weighted by Crippen LogP contribution is -1.88. The summed E-state index contributed by atoms with van der Waals surface area (Å²) in [6.07, 6.45) is 2.96. The molecule has 2 aromatic rings. The van der Waals surface area contributed by atoms with E-state index in [1.165, 1.54) is 39.1 Å². The second-order valence-corrected chi connectivity index (χ2v) is 4.73. The van der Waals surface area contributed by atoms with Gasteiger partial charge in [0.2, 0.25) is 0 Å². The number of fused-ring (bicyclic) bond motifs is 3. The average Bonchev–Trinajstić information content (AvgIpc) is 2.62. The molecule has 0 fully saturated rings. The lowest BCUT2D eigenvalue weighted by molar-refractivity contribution is 1.11. The van der Waals surface area contributed by atoms with Crippen LogP contribution in [0.1, 0.15) is 27.9 Å². The number of rotatable bonds is 0. The first kappa shape index (κ1) is 9.59. The van der Waals surface area contributed by atoms with Crippen LogP contribution in [0.15, 0.2) is 24.4 Å². The van der Waals surface area contributed by atoms with Gasteiger partial charge in [-0.3, -0.25) is 4.98 Å². The molecule has 0 aliphatic heterocycles. The molecule has 1 aliphatic rings. The van der Waals surface area contributed by atoms with Gasteiger partial charge in [0.1, 0.15) is 0 Å². The molecule has 0 saturated carbocycles. The van der Waals surface area contributed by atoms with E-state index in [-0.39, 0.29) is 0 Å². The Morgan fingerprint density at radius 2 is 1.94 bits per heavy atom. The monoisotopic (exact) mass is 209 g/mol. The summed E-state index contributed by atoms with van der Waals surface area (Å²) in [6, 6.07) is 6.72. The van der Waals surface area contributed by atoms with E-state index in [1.54, 1.807) is 0 Å². The van der Waals surface area contributed by atoms with Crippen LogP contribution in [-0.2, 0) is 6.42 Å². The lowest BCUT2D eigenvalue weighted by atomic mass is 9.97. The van der Waals surface area contributed by atoms with Gasteiger partial charge in [-0.1, -0.05) is 12.1 Å². The topological polar surface area (TPSA) is 12.9 Å². The summed E-state index contributed by atoms with van der Waals surface area (Å²) >= 11 is 0. The van der Waals surface area contributed by atoms with Crippen molar-refractivity contribution in [2.75, 3.05) is 0 Å². The summed E-state index contributed by atoms with van der Waals surface area (Å²) < 4.78 is 0. The van der Waals surface area contributed by atoms with Gasteiger partial charge in [0.25, 0.3) is 0 Å². The summed E-state index contributed by atoms with van der Waals surface area (Å²) in [7, 11) is 0. The predicted molar refractivity (Wildman–Crippen MR) is 66.7 cm³/mol. The second-order valence-electron chi connectivity index (χ2n) is 4.73. The molecule has 0 N–H and O–H groups in total. The molecule has 1 nitrogen and oxygen atoms in total. The van der Waals surface area contributed by atoms with Gasteiger partial charge in [-0.25, -0.2) is 0 Å². The minimum absolute atomic E-state index is 0.992. The van der Waals surface area contributed by atoms with E-state index in [0.717, 1.165) is 6.42 Å². The molecule has 0 atom stereocenters. The predicted octanol–water partition coefficient (Wildman–Crippen LogP) is 3.58. The Balaban J connectivity index is 2.34. The van der Waals surface area contributed by atoms with E-state index in [1.807, 2.05) is 6.20 Å². The molecule has 1 heterocycles. The molecule has 0 radical (unpaired) electrons. The van der Waals surface area contributed by atoms with Gasteiger partial charge < -0.3 is 0 Å². The third-order valence-corrected chi connectivity index (χ3v) is 3.56. The third kappa shape index (κ3) is 1.21. The van der Waals surface area contributed by atoms with Crippen LogP contribution < -0.4 is 0 Å². The first-order valence-electron chi connectivity index (χ1n) is 5.72. The first-order valence-corrected chi connectivity index (χ1v) is 5.72. The van der Waals surface area contributed by atoms with E-state index in [2.05, 4.69) is 44.0 Å². The molecule has 0 unspecified atom stereocenters. The van der Waals surface area contributed by atoms with Gasteiger partial charge in [-0.2, -0.15) is 0 Å². The molecular formula is C15H15N. The van der Waals surface area contributed by atoms with E-state index < -0.39 is 0 Å². The first-order chi connectivity index (χ1) is 7.66. The lowest BCUT2D eigenvalue weighted by Gasteiger charge is -2.08. The summed E-state index contributed by atoms with van der Waals surface area (Å²) in [4.78, 5) is 4.54. The van der Waals surface area contributed by atoms with Crippen molar-refractivity contribution in [3.05, 3.63) is 52.3 Å². The summed E-state index contributed by atoms with van der Waals surface area (Å²) in [5.41, 5.74) is 9.44. The Bertz CT molecular complexity index is 582. The van der Waals surface area contributed by atoms with Gasteiger partial charge in [-0.05, 0) is 54.7 Å². The van der Waals surface area contributed by atoms with Crippen molar-refractivity contribution in [2.45, 2.75) is 27.2 Å². The van der Waals surface area contributed by atoms with E-state index >= 15 is 0 Å². The number of aryl methyl sites for hydroxylation is 2. The van der Waals surface area contributed by atoms with Crippen LogP contribution in [0.5, 0.6) is 0 Å². The highest BCUT2D eigenvalue weighted by molar-refractivity contribution is 5.79. The molecule has 80 valence electrons. The molecule has 0 amide bonds. The molecule has 0 saturated heterocycles. The largest absolute Gasteiger partial charge is 0.260 e. The van der Waals surface area contributed by atoms with Crippen LogP contribution in [-0.4, -0.2) is 4.98 Å². The molecule has 0 bridgehead atoms. The van der Waals surface area contributed by atoms with Crippen LogP contribution in [0.25, 0.3) is 11.1 Å². The minimum Gasteiger partial charge on any atom is -0.260 e. The maximum Gasteiger partial charge on any atom is 0.0526 e. The third-order valence-electron chi connectivity index (χ3n) is 3.56. The molecule has 1 heteroatoms. The SMILES string of the molecule is Cc1cnc2c(c1)-c1c(ccc(C)c1C)C2. The van der Waals surface area contributed by atoms with E-state index in [4.69, 9.17) is 0 Å². The number of benzene rings is 1. The van der Waals surface area contributed by atoms with Crippen molar-refractivity contribution in [1.82, 2.24) is 4.98 Å². The van der Waals surface area contributed by atoms with Crippen LogP contribution >= 0.6 is 0 Å².